The number of para-hydroxylation sites is 1. The lowest BCUT2D eigenvalue weighted by atomic mass is 10.2. The molecular formula is C12H13ClFN5. The van der Waals surface area contributed by atoms with Crippen LogP contribution in [0.25, 0.3) is 0 Å². The van der Waals surface area contributed by atoms with Gasteiger partial charge in [0.15, 0.2) is 0 Å². The van der Waals surface area contributed by atoms with E-state index < -0.39 is 0 Å². The Morgan fingerprint density at radius 1 is 1.21 bits per heavy atom. The summed E-state index contributed by atoms with van der Waals surface area (Å²) >= 11 is 5.82. The molecule has 0 radical (unpaired) electrons. The first kappa shape index (κ1) is 13.5. The number of hydrogen-bond donors (Lipinski definition) is 1. The maximum Gasteiger partial charge on any atom is 0.233 e. The highest BCUT2D eigenvalue weighted by Gasteiger charge is 2.10. The number of rotatable bonds is 3. The van der Waals surface area contributed by atoms with Crippen molar-refractivity contribution in [3.63, 3.8) is 0 Å². The molecule has 19 heavy (non-hydrogen) atoms. The Labute approximate surface area is 115 Å². The van der Waals surface area contributed by atoms with Crippen LogP contribution in [0.3, 0.4) is 0 Å². The Morgan fingerprint density at radius 3 is 2.58 bits per heavy atom. The molecular weight excluding hydrogens is 269 g/mol. The van der Waals surface area contributed by atoms with Crippen LogP contribution in [-0.2, 0) is 0 Å². The van der Waals surface area contributed by atoms with E-state index >= 15 is 0 Å². The second-order valence-electron chi connectivity index (χ2n) is 4.18. The summed E-state index contributed by atoms with van der Waals surface area (Å²) in [5.74, 6) is 0.233. The Balaban J connectivity index is 2.38. The third-order valence-corrected chi connectivity index (χ3v) is 2.62. The van der Waals surface area contributed by atoms with Crippen molar-refractivity contribution in [3.8, 4) is 0 Å². The molecule has 0 fully saturated rings. The number of anilines is 3. The van der Waals surface area contributed by atoms with E-state index in [1.54, 1.807) is 38.1 Å². The number of aromatic nitrogens is 3. The van der Waals surface area contributed by atoms with Gasteiger partial charge in [-0.25, -0.2) is 4.39 Å². The summed E-state index contributed by atoms with van der Waals surface area (Å²) < 4.78 is 13.7. The highest BCUT2D eigenvalue weighted by atomic mass is 35.5. The number of aryl methyl sites for hydroxylation is 1. The van der Waals surface area contributed by atoms with E-state index in [0.717, 1.165) is 5.56 Å². The summed E-state index contributed by atoms with van der Waals surface area (Å²) in [6.07, 6.45) is 0. The van der Waals surface area contributed by atoms with Crippen molar-refractivity contribution in [1.82, 2.24) is 15.0 Å². The largest absolute Gasteiger partial charge is 0.347 e. The van der Waals surface area contributed by atoms with Crippen molar-refractivity contribution in [2.45, 2.75) is 6.92 Å². The minimum atomic E-state index is -0.372. The summed E-state index contributed by atoms with van der Waals surface area (Å²) in [6.45, 7) is 1.79. The number of benzene rings is 1. The highest BCUT2D eigenvalue weighted by molar-refractivity contribution is 6.28. The van der Waals surface area contributed by atoms with E-state index in [4.69, 9.17) is 11.6 Å². The summed E-state index contributed by atoms with van der Waals surface area (Å²) in [6, 6.07) is 4.80. The quantitative estimate of drug-likeness (QED) is 0.937. The predicted molar refractivity (Wildman–Crippen MR) is 73.6 cm³/mol. The highest BCUT2D eigenvalue weighted by Crippen LogP contribution is 2.23. The van der Waals surface area contributed by atoms with Crippen LogP contribution in [0, 0.1) is 12.7 Å². The van der Waals surface area contributed by atoms with Crippen molar-refractivity contribution in [1.29, 1.82) is 0 Å². The molecule has 0 unspecified atom stereocenters. The maximum atomic E-state index is 13.7. The average Bonchev–Trinajstić information content (AvgIpc) is 2.33. The molecule has 1 N–H and O–H groups in total. The molecule has 5 nitrogen and oxygen atoms in total. The number of nitrogens with one attached hydrogen (secondary N) is 1. The van der Waals surface area contributed by atoms with Gasteiger partial charge in [0.25, 0.3) is 0 Å². The van der Waals surface area contributed by atoms with Gasteiger partial charge in [-0.3, -0.25) is 0 Å². The van der Waals surface area contributed by atoms with Crippen molar-refractivity contribution in [3.05, 3.63) is 34.9 Å². The molecule has 7 heteroatoms. The van der Waals surface area contributed by atoms with Gasteiger partial charge in [0.1, 0.15) is 5.82 Å². The SMILES string of the molecule is Cc1cccc(F)c1Nc1nc(Cl)nc(N(C)C)n1. The number of hydrogen-bond acceptors (Lipinski definition) is 5. The molecule has 0 saturated heterocycles. The number of halogens is 2. The first-order valence-electron chi connectivity index (χ1n) is 5.58. The molecule has 1 aromatic carbocycles. The fraction of sp³-hybridized carbons (Fsp3) is 0.250. The molecule has 0 bridgehead atoms. The predicted octanol–water partition coefficient (Wildman–Crippen LogP) is 2.78. The summed E-state index contributed by atoms with van der Waals surface area (Å²) in [7, 11) is 3.56. The van der Waals surface area contributed by atoms with Gasteiger partial charge < -0.3 is 10.2 Å². The normalized spacial score (nSPS) is 10.4. The lowest BCUT2D eigenvalue weighted by Crippen LogP contribution is -2.14. The first-order valence-corrected chi connectivity index (χ1v) is 5.96. The van der Waals surface area contributed by atoms with E-state index in [1.165, 1.54) is 6.07 Å². The van der Waals surface area contributed by atoms with Gasteiger partial charge >= 0.3 is 0 Å². The Hall–Kier alpha value is -1.95. The lowest BCUT2D eigenvalue weighted by Gasteiger charge is -2.13. The van der Waals surface area contributed by atoms with Gasteiger partial charge in [0.2, 0.25) is 17.2 Å². The van der Waals surface area contributed by atoms with Crippen LogP contribution in [0.5, 0.6) is 0 Å². The fourth-order valence-electron chi connectivity index (χ4n) is 1.50. The van der Waals surface area contributed by atoms with Gasteiger partial charge in [-0.2, -0.15) is 15.0 Å². The van der Waals surface area contributed by atoms with E-state index in [2.05, 4.69) is 20.3 Å². The molecule has 0 aliphatic carbocycles. The Bertz CT molecular complexity index is 582. The zero-order valence-electron chi connectivity index (χ0n) is 10.8. The zero-order valence-corrected chi connectivity index (χ0v) is 11.5. The first-order chi connectivity index (χ1) is 8.97. The third-order valence-electron chi connectivity index (χ3n) is 2.46. The minimum Gasteiger partial charge on any atom is -0.347 e. The van der Waals surface area contributed by atoms with E-state index in [-0.39, 0.29) is 17.0 Å². The monoisotopic (exact) mass is 281 g/mol. The molecule has 0 atom stereocenters. The van der Waals surface area contributed by atoms with Crippen LogP contribution in [0.15, 0.2) is 18.2 Å². The van der Waals surface area contributed by atoms with E-state index in [0.29, 0.717) is 11.6 Å². The molecule has 2 rings (SSSR count). The van der Waals surface area contributed by atoms with E-state index in [9.17, 15) is 4.39 Å². The topological polar surface area (TPSA) is 53.9 Å². The number of nitrogens with zero attached hydrogens (tertiary/aromatic N) is 4. The molecule has 0 amide bonds. The second-order valence-corrected chi connectivity index (χ2v) is 4.52. The maximum absolute atomic E-state index is 13.7. The smallest absolute Gasteiger partial charge is 0.233 e. The van der Waals surface area contributed by atoms with Crippen LogP contribution < -0.4 is 10.2 Å². The zero-order chi connectivity index (χ0) is 14.0. The summed E-state index contributed by atoms with van der Waals surface area (Å²) in [5, 5.41) is 2.88. The average molecular weight is 282 g/mol. The molecule has 1 aromatic heterocycles. The van der Waals surface area contributed by atoms with Gasteiger partial charge in [-0.1, -0.05) is 12.1 Å². The van der Waals surface area contributed by atoms with Crippen LogP contribution in [-0.4, -0.2) is 29.0 Å². The molecule has 0 aliphatic rings. The van der Waals surface area contributed by atoms with Crippen LogP contribution in [0.4, 0.5) is 22.0 Å². The molecule has 0 saturated carbocycles. The van der Waals surface area contributed by atoms with Gasteiger partial charge in [0, 0.05) is 14.1 Å². The summed E-state index contributed by atoms with van der Waals surface area (Å²) in [4.78, 5) is 13.7. The standard InChI is InChI=1S/C12H13ClFN5/c1-7-5-4-6-8(14)9(7)15-11-16-10(13)17-12(18-11)19(2)3/h4-6H,1-3H3,(H,15,16,17,18). The van der Waals surface area contributed by atoms with Crippen LogP contribution >= 0.6 is 11.6 Å². The van der Waals surface area contributed by atoms with Crippen LogP contribution in [0.2, 0.25) is 5.28 Å². The van der Waals surface area contributed by atoms with E-state index in [1.807, 2.05) is 0 Å². The van der Waals surface area contributed by atoms with Gasteiger partial charge in [-0.15, -0.1) is 0 Å². The van der Waals surface area contributed by atoms with Gasteiger partial charge in [0.05, 0.1) is 5.69 Å². The van der Waals surface area contributed by atoms with Crippen molar-refractivity contribution < 1.29 is 4.39 Å². The Kier molecular flexibility index (Phi) is 3.80. The lowest BCUT2D eigenvalue weighted by molar-refractivity contribution is 0.630. The second kappa shape index (κ2) is 5.36. The van der Waals surface area contributed by atoms with Crippen LogP contribution in [0.1, 0.15) is 5.56 Å². The fourth-order valence-corrected chi connectivity index (χ4v) is 1.65. The molecule has 1 heterocycles. The summed E-state index contributed by atoms with van der Waals surface area (Å²) in [5.41, 5.74) is 1.08. The van der Waals surface area contributed by atoms with Gasteiger partial charge in [-0.05, 0) is 30.2 Å². The van der Waals surface area contributed by atoms with Crippen molar-refractivity contribution in [2.24, 2.45) is 0 Å². The molecule has 0 aliphatic heterocycles. The third kappa shape index (κ3) is 3.08. The minimum absolute atomic E-state index is 0.0511. The van der Waals surface area contributed by atoms with Crippen molar-refractivity contribution >= 4 is 29.2 Å². The van der Waals surface area contributed by atoms with Crippen molar-refractivity contribution in [2.75, 3.05) is 24.3 Å². The molecule has 100 valence electrons. The molecule has 0 spiro atoms. The molecule has 2 aromatic rings. The Morgan fingerprint density at radius 2 is 1.95 bits per heavy atom.